The fourth-order valence-electron chi connectivity index (χ4n) is 3.95. The highest BCUT2D eigenvalue weighted by Gasteiger charge is 2.08. The van der Waals surface area contributed by atoms with Gasteiger partial charge in [-0.2, -0.15) is 10.2 Å². The minimum Gasteiger partial charge on any atom is -0.267 e. The molecule has 0 unspecified atom stereocenters. The van der Waals surface area contributed by atoms with Crippen molar-refractivity contribution in [2.45, 2.75) is 0 Å². The van der Waals surface area contributed by atoms with E-state index in [4.69, 9.17) is 0 Å². The second kappa shape index (κ2) is 10.4. The predicted octanol–water partition coefficient (Wildman–Crippen LogP) is 5.52. The molecule has 36 heavy (non-hydrogen) atoms. The van der Waals surface area contributed by atoms with Crippen LogP contribution in [0, 0.1) is 0 Å². The van der Waals surface area contributed by atoms with Crippen molar-refractivity contribution in [1.29, 1.82) is 0 Å². The molecule has 0 heterocycles. The number of hydrogen-bond acceptors (Lipinski definition) is 4. The zero-order valence-corrected chi connectivity index (χ0v) is 19.3. The summed E-state index contributed by atoms with van der Waals surface area (Å²) < 4.78 is 0. The number of hydrazone groups is 2. The number of carbonyl (C=O) groups is 2. The molecule has 6 heteroatoms. The minimum atomic E-state index is -0.368. The summed E-state index contributed by atoms with van der Waals surface area (Å²) in [6.45, 7) is 0. The summed E-state index contributed by atoms with van der Waals surface area (Å²) >= 11 is 0. The SMILES string of the molecule is O=C(NN=Cc1cccc2ccccc12)c1ccc(C(=O)NN=Cc2cccc3ccccc23)cc1. The van der Waals surface area contributed by atoms with Crippen molar-refractivity contribution >= 4 is 45.8 Å². The second-order valence-electron chi connectivity index (χ2n) is 8.11. The van der Waals surface area contributed by atoms with Crippen molar-refractivity contribution in [2.24, 2.45) is 10.2 Å². The third-order valence-corrected chi connectivity index (χ3v) is 5.80. The molecule has 0 spiro atoms. The van der Waals surface area contributed by atoms with E-state index in [1.165, 1.54) is 0 Å². The molecule has 0 aromatic heterocycles. The van der Waals surface area contributed by atoms with Gasteiger partial charge >= 0.3 is 0 Å². The zero-order valence-electron chi connectivity index (χ0n) is 19.3. The maximum Gasteiger partial charge on any atom is 0.271 e. The second-order valence-corrected chi connectivity index (χ2v) is 8.11. The van der Waals surface area contributed by atoms with Crippen LogP contribution in [0.2, 0.25) is 0 Å². The van der Waals surface area contributed by atoms with E-state index in [1.54, 1.807) is 36.7 Å². The van der Waals surface area contributed by atoms with Gasteiger partial charge in [-0.3, -0.25) is 9.59 Å². The number of hydrogen-bond donors (Lipinski definition) is 2. The molecule has 5 aromatic carbocycles. The third kappa shape index (κ3) is 5.03. The van der Waals surface area contributed by atoms with Crippen LogP contribution in [0.4, 0.5) is 0 Å². The average molecular weight is 471 g/mol. The van der Waals surface area contributed by atoms with E-state index in [0.29, 0.717) is 11.1 Å². The number of carbonyl (C=O) groups excluding carboxylic acids is 2. The van der Waals surface area contributed by atoms with Crippen LogP contribution in [0.15, 0.2) is 119 Å². The standard InChI is InChI=1S/C30H22N4O2/c35-29(33-31-19-25-11-5-9-21-7-1-3-13-27(21)25)23-15-17-24(18-16-23)30(36)34-32-20-26-12-6-10-22-8-2-4-14-28(22)26/h1-20H,(H,33,35)(H,34,36). The molecule has 0 aliphatic rings. The normalized spacial score (nSPS) is 11.3. The molecule has 2 N–H and O–H groups in total. The molecule has 0 fully saturated rings. The first-order chi connectivity index (χ1) is 17.7. The first kappa shape index (κ1) is 22.7. The number of nitrogens with zero attached hydrogens (tertiary/aromatic N) is 2. The Kier molecular flexibility index (Phi) is 6.58. The molecular formula is C30H22N4O2. The van der Waals surface area contributed by atoms with Gasteiger partial charge in [-0.15, -0.1) is 0 Å². The summed E-state index contributed by atoms with van der Waals surface area (Å²) in [5, 5.41) is 12.5. The number of amides is 2. The quantitative estimate of drug-likeness (QED) is 0.253. The van der Waals surface area contributed by atoms with Crippen LogP contribution in [0.25, 0.3) is 21.5 Å². The Balaban J connectivity index is 1.20. The topological polar surface area (TPSA) is 82.9 Å². The Morgan fingerprint density at radius 1 is 0.500 bits per heavy atom. The lowest BCUT2D eigenvalue weighted by Crippen LogP contribution is -2.19. The summed E-state index contributed by atoms with van der Waals surface area (Å²) in [5.74, 6) is -0.736. The van der Waals surface area contributed by atoms with E-state index < -0.39 is 0 Å². The van der Waals surface area contributed by atoms with Crippen LogP contribution in [-0.4, -0.2) is 24.2 Å². The van der Waals surface area contributed by atoms with Crippen LogP contribution in [-0.2, 0) is 0 Å². The fourth-order valence-corrected chi connectivity index (χ4v) is 3.95. The number of benzene rings is 5. The lowest BCUT2D eigenvalue weighted by atomic mass is 10.1. The summed E-state index contributed by atoms with van der Waals surface area (Å²) in [4.78, 5) is 24.9. The maximum atomic E-state index is 12.5. The van der Waals surface area contributed by atoms with Gasteiger partial charge in [0.05, 0.1) is 12.4 Å². The van der Waals surface area contributed by atoms with Crippen LogP contribution in [0.1, 0.15) is 31.8 Å². The van der Waals surface area contributed by atoms with Gasteiger partial charge in [0.1, 0.15) is 0 Å². The van der Waals surface area contributed by atoms with E-state index in [-0.39, 0.29) is 11.8 Å². The number of nitrogens with one attached hydrogen (secondary N) is 2. The third-order valence-electron chi connectivity index (χ3n) is 5.80. The molecule has 0 saturated heterocycles. The van der Waals surface area contributed by atoms with Gasteiger partial charge in [0, 0.05) is 22.3 Å². The van der Waals surface area contributed by atoms with E-state index in [1.807, 2.05) is 84.9 Å². The average Bonchev–Trinajstić information content (AvgIpc) is 2.93. The highest BCUT2D eigenvalue weighted by atomic mass is 16.2. The first-order valence-electron chi connectivity index (χ1n) is 11.4. The van der Waals surface area contributed by atoms with Gasteiger partial charge < -0.3 is 0 Å². The Bertz CT molecular complexity index is 1490. The van der Waals surface area contributed by atoms with Crippen LogP contribution in [0.5, 0.6) is 0 Å². The van der Waals surface area contributed by atoms with Gasteiger partial charge in [-0.25, -0.2) is 10.9 Å². The van der Waals surface area contributed by atoms with Gasteiger partial charge in [0.2, 0.25) is 0 Å². The van der Waals surface area contributed by atoms with Crippen molar-refractivity contribution in [2.75, 3.05) is 0 Å². The van der Waals surface area contributed by atoms with Crippen molar-refractivity contribution in [3.63, 3.8) is 0 Å². The molecule has 5 rings (SSSR count). The molecule has 0 atom stereocenters. The molecule has 2 amide bonds. The maximum absolute atomic E-state index is 12.5. The molecule has 174 valence electrons. The summed E-state index contributed by atoms with van der Waals surface area (Å²) in [6.07, 6.45) is 3.24. The molecule has 0 saturated carbocycles. The summed E-state index contributed by atoms with van der Waals surface area (Å²) in [7, 11) is 0. The highest BCUT2D eigenvalue weighted by molar-refractivity contribution is 6.02. The van der Waals surface area contributed by atoms with E-state index >= 15 is 0 Å². The lowest BCUT2D eigenvalue weighted by Gasteiger charge is -2.04. The van der Waals surface area contributed by atoms with Crippen molar-refractivity contribution in [3.8, 4) is 0 Å². The smallest absolute Gasteiger partial charge is 0.267 e. The Morgan fingerprint density at radius 2 is 0.889 bits per heavy atom. The Labute approximate surface area is 208 Å². The van der Waals surface area contributed by atoms with Crippen molar-refractivity contribution < 1.29 is 9.59 Å². The van der Waals surface area contributed by atoms with Crippen LogP contribution in [0.3, 0.4) is 0 Å². The first-order valence-corrected chi connectivity index (χ1v) is 11.4. The minimum absolute atomic E-state index is 0.368. The molecule has 6 nitrogen and oxygen atoms in total. The van der Waals surface area contributed by atoms with Gasteiger partial charge in [-0.1, -0.05) is 84.9 Å². The fraction of sp³-hybridized carbons (Fsp3) is 0. The summed E-state index contributed by atoms with van der Waals surface area (Å²) in [6, 6.07) is 34.1. The molecule has 5 aromatic rings. The van der Waals surface area contributed by atoms with Crippen molar-refractivity contribution in [3.05, 3.63) is 131 Å². The van der Waals surface area contributed by atoms with Crippen LogP contribution < -0.4 is 10.9 Å². The van der Waals surface area contributed by atoms with Gasteiger partial charge in [-0.05, 0) is 45.8 Å². The van der Waals surface area contributed by atoms with Crippen LogP contribution >= 0.6 is 0 Å². The predicted molar refractivity (Wildman–Crippen MR) is 144 cm³/mol. The summed E-state index contributed by atoms with van der Waals surface area (Å²) in [5.41, 5.74) is 7.66. The molecule has 0 aliphatic heterocycles. The van der Waals surface area contributed by atoms with E-state index in [2.05, 4.69) is 21.1 Å². The van der Waals surface area contributed by atoms with Gasteiger partial charge in [0.15, 0.2) is 0 Å². The van der Waals surface area contributed by atoms with E-state index in [9.17, 15) is 9.59 Å². The lowest BCUT2D eigenvalue weighted by molar-refractivity contribution is 0.0943. The van der Waals surface area contributed by atoms with E-state index in [0.717, 1.165) is 32.7 Å². The Hall–Kier alpha value is -5.10. The molecule has 0 bridgehead atoms. The monoisotopic (exact) mass is 470 g/mol. The Morgan fingerprint density at radius 3 is 1.33 bits per heavy atom. The molecule has 0 radical (unpaired) electrons. The number of fused-ring (bicyclic) bond motifs is 2. The molecule has 0 aliphatic carbocycles. The van der Waals surface area contributed by atoms with Gasteiger partial charge in [0.25, 0.3) is 11.8 Å². The highest BCUT2D eigenvalue weighted by Crippen LogP contribution is 2.17. The zero-order chi connectivity index (χ0) is 24.7. The molecular weight excluding hydrogens is 448 g/mol. The number of rotatable bonds is 6. The van der Waals surface area contributed by atoms with Crippen molar-refractivity contribution in [1.82, 2.24) is 10.9 Å². The largest absolute Gasteiger partial charge is 0.271 e.